The second-order valence-electron chi connectivity index (χ2n) is 4.68. The van der Waals surface area contributed by atoms with Crippen molar-refractivity contribution in [3.63, 3.8) is 0 Å². The molecule has 0 fully saturated rings. The molecule has 0 bridgehead atoms. The lowest BCUT2D eigenvalue weighted by Crippen LogP contribution is -2.27. The first-order chi connectivity index (χ1) is 10.1. The smallest absolute Gasteiger partial charge is 0.251 e. The molecule has 1 aromatic carbocycles. The summed E-state index contributed by atoms with van der Waals surface area (Å²) in [7, 11) is 0. The van der Waals surface area contributed by atoms with E-state index in [4.69, 9.17) is 5.73 Å². The number of nitrogen functional groups attached to an aromatic ring is 1. The highest BCUT2D eigenvalue weighted by atomic mass is 32.1. The van der Waals surface area contributed by atoms with Crippen molar-refractivity contribution < 1.29 is 4.79 Å². The van der Waals surface area contributed by atoms with Gasteiger partial charge in [0.05, 0.1) is 22.0 Å². The van der Waals surface area contributed by atoms with E-state index >= 15 is 0 Å². The van der Waals surface area contributed by atoms with Crippen LogP contribution in [0.2, 0.25) is 0 Å². The third-order valence-electron chi connectivity index (χ3n) is 3.15. The second-order valence-corrected chi connectivity index (χ2v) is 5.75. The van der Waals surface area contributed by atoms with Crippen LogP contribution < -0.4 is 11.1 Å². The van der Waals surface area contributed by atoms with Crippen molar-refractivity contribution in [2.24, 2.45) is 0 Å². The Labute approximate surface area is 125 Å². The highest BCUT2D eigenvalue weighted by Gasteiger charge is 2.13. The molecule has 6 heteroatoms. The third-order valence-corrected chi connectivity index (χ3v) is 3.99. The van der Waals surface area contributed by atoms with Gasteiger partial charge >= 0.3 is 0 Å². The molecule has 1 amide bonds. The van der Waals surface area contributed by atoms with E-state index in [0.717, 1.165) is 15.9 Å². The minimum atomic E-state index is -0.152. The van der Waals surface area contributed by atoms with E-state index in [-0.39, 0.29) is 11.9 Å². The minimum Gasteiger partial charge on any atom is -0.375 e. The summed E-state index contributed by atoms with van der Waals surface area (Å²) in [5.41, 5.74) is 7.90. The fourth-order valence-electron chi connectivity index (χ4n) is 2.07. The zero-order valence-electron chi connectivity index (χ0n) is 11.4. The van der Waals surface area contributed by atoms with Crippen molar-refractivity contribution in [3.05, 3.63) is 53.9 Å². The number of nitrogens with zero attached hydrogens (tertiary/aromatic N) is 2. The maximum atomic E-state index is 12.3. The predicted molar refractivity (Wildman–Crippen MR) is 84.2 cm³/mol. The van der Waals surface area contributed by atoms with E-state index in [1.807, 2.05) is 37.3 Å². The Balaban J connectivity index is 1.80. The molecule has 106 valence electrons. The average molecular weight is 298 g/mol. The van der Waals surface area contributed by atoms with Crippen molar-refractivity contribution in [3.8, 4) is 0 Å². The fourth-order valence-corrected chi connectivity index (χ4v) is 2.84. The second kappa shape index (κ2) is 5.49. The molecular weight excluding hydrogens is 284 g/mol. The molecule has 2 heterocycles. The number of fused-ring (bicyclic) bond motifs is 1. The first-order valence-electron chi connectivity index (χ1n) is 6.51. The van der Waals surface area contributed by atoms with Crippen LogP contribution in [0, 0.1) is 0 Å². The molecule has 0 saturated heterocycles. The average Bonchev–Trinajstić information content (AvgIpc) is 2.87. The van der Waals surface area contributed by atoms with Crippen molar-refractivity contribution >= 4 is 32.6 Å². The Morgan fingerprint density at radius 1 is 1.33 bits per heavy atom. The summed E-state index contributed by atoms with van der Waals surface area (Å²) < 4.78 is 0.908. The van der Waals surface area contributed by atoms with E-state index in [1.54, 1.807) is 12.3 Å². The molecule has 5 nitrogen and oxygen atoms in total. The van der Waals surface area contributed by atoms with Crippen LogP contribution in [0.5, 0.6) is 0 Å². The van der Waals surface area contributed by atoms with Gasteiger partial charge in [0, 0.05) is 11.8 Å². The summed E-state index contributed by atoms with van der Waals surface area (Å²) in [6.45, 7) is 1.91. The number of benzene rings is 1. The normalized spacial score (nSPS) is 12.2. The predicted octanol–water partition coefficient (Wildman–Crippen LogP) is 2.76. The summed E-state index contributed by atoms with van der Waals surface area (Å²) in [5.74, 6) is -0.137. The summed E-state index contributed by atoms with van der Waals surface area (Å²) >= 11 is 1.37. The van der Waals surface area contributed by atoms with Crippen LogP contribution in [0.4, 0.5) is 5.13 Å². The van der Waals surface area contributed by atoms with Crippen LogP contribution >= 0.6 is 11.3 Å². The molecule has 0 unspecified atom stereocenters. The van der Waals surface area contributed by atoms with E-state index in [0.29, 0.717) is 10.7 Å². The third kappa shape index (κ3) is 2.85. The Hall–Kier alpha value is -2.47. The van der Waals surface area contributed by atoms with Gasteiger partial charge in [-0.1, -0.05) is 17.4 Å². The fraction of sp³-hybridized carbons (Fsp3) is 0.133. The molecule has 3 rings (SSSR count). The van der Waals surface area contributed by atoms with Crippen LogP contribution in [0.1, 0.15) is 29.0 Å². The lowest BCUT2D eigenvalue weighted by atomic mass is 10.1. The summed E-state index contributed by atoms with van der Waals surface area (Å²) in [4.78, 5) is 20.7. The number of anilines is 1. The Kier molecular flexibility index (Phi) is 3.53. The van der Waals surface area contributed by atoms with E-state index in [2.05, 4.69) is 15.3 Å². The van der Waals surface area contributed by atoms with Gasteiger partial charge in [-0.2, -0.15) is 0 Å². The van der Waals surface area contributed by atoms with Gasteiger partial charge in [-0.25, -0.2) is 4.98 Å². The molecule has 2 aromatic heterocycles. The number of thiazole rings is 1. The highest BCUT2D eigenvalue weighted by molar-refractivity contribution is 7.22. The number of rotatable bonds is 3. The molecule has 0 aliphatic rings. The molecule has 3 N–H and O–H groups in total. The quantitative estimate of drug-likeness (QED) is 0.779. The summed E-state index contributed by atoms with van der Waals surface area (Å²) in [6.07, 6.45) is 1.71. The maximum absolute atomic E-state index is 12.3. The van der Waals surface area contributed by atoms with Gasteiger partial charge in [-0.15, -0.1) is 0 Å². The minimum absolute atomic E-state index is 0.137. The van der Waals surface area contributed by atoms with Crippen LogP contribution in [0.25, 0.3) is 10.2 Å². The van der Waals surface area contributed by atoms with E-state index in [9.17, 15) is 4.79 Å². The lowest BCUT2D eigenvalue weighted by molar-refractivity contribution is 0.0939. The highest BCUT2D eigenvalue weighted by Crippen LogP contribution is 2.24. The monoisotopic (exact) mass is 298 g/mol. The number of carbonyl (C=O) groups is 1. The zero-order valence-corrected chi connectivity index (χ0v) is 12.2. The van der Waals surface area contributed by atoms with Crippen LogP contribution in [-0.4, -0.2) is 15.9 Å². The van der Waals surface area contributed by atoms with Gasteiger partial charge < -0.3 is 11.1 Å². The maximum Gasteiger partial charge on any atom is 0.251 e. The topological polar surface area (TPSA) is 80.9 Å². The molecule has 21 heavy (non-hydrogen) atoms. The largest absolute Gasteiger partial charge is 0.375 e. The number of hydrogen-bond acceptors (Lipinski definition) is 5. The zero-order chi connectivity index (χ0) is 14.8. The first kappa shape index (κ1) is 13.5. The van der Waals surface area contributed by atoms with Crippen molar-refractivity contribution in [1.29, 1.82) is 0 Å². The van der Waals surface area contributed by atoms with Gasteiger partial charge in [0.2, 0.25) is 0 Å². The van der Waals surface area contributed by atoms with Gasteiger partial charge in [-0.3, -0.25) is 9.78 Å². The molecule has 0 saturated carbocycles. The lowest BCUT2D eigenvalue weighted by Gasteiger charge is -2.13. The van der Waals surface area contributed by atoms with Gasteiger partial charge in [0.15, 0.2) is 5.13 Å². The van der Waals surface area contributed by atoms with E-state index < -0.39 is 0 Å². The number of carbonyl (C=O) groups excluding carboxylic acids is 1. The Morgan fingerprint density at radius 3 is 2.95 bits per heavy atom. The van der Waals surface area contributed by atoms with Gasteiger partial charge in [0.25, 0.3) is 5.91 Å². The van der Waals surface area contributed by atoms with Crippen LogP contribution in [0.15, 0.2) is 42.6 Å². The van der Waals surface area contributed by atoms with Crippen molar-refractivity contribution in [2.45, 2.75) is 13.0 Å². The molecule has 1 atom stereocenters. The summed E-state index contributed by atoms with van der Waals surface area (Å²) in [6, 6.07) is 10.9. The van der Waals surface area contributed by atoms with Crippen molar-refractivity contribution in [1.82, 2.24) is 15.3 Å². The Morgan fingerprint density at radius 2 is 2.19 bits per heavy atom. The molecule has 0 aliphatic heterocycles. The Bertz CT molecular complexity index is 785. The van der Waals surface area contributed by atoms with Crippen LogP contribution in [0.3, 0.4) is 0 Å². The molecule has 0 spiro atoms. The molecule has 0 aliphatic carbocycles. The first-order valence-corrected chi connectivity index (χ1v) is 7.33. The van der Waals surface area contributed by atoms with Crippen LogP contribution in [-0.2, 0) is 0 Å². The van der Waals surface area contributed by atoms with Crippen molar-refractivity contribution in [2.75, 3.05) is 5.73 Å². The number of pyridine rings is 1. The number of amides is 1. The summed E-state index contributed by atoms with van der Waals surface area (Å²) in [5, 5.41) is 3.44. The standard InChI is InChI=1S/C15H14N4OS/c1-9(11-4-2-3-7-17-11)18-14(20)10-5-6-12-13(8-10)21-15(16)19-12/h2-9H,1H3,(H2,16,19)(H,18,20)/t9-/m1/s1. The molecule has 3 aromatic rings. The number of hydrogen-bond donors (Lipinski definition) is 2. The SMILES string of the molecule is C[C@@H](NC(=O)c1ccc2nc(N)sc2c1)c1ccccn1. The van der Waals surface area contributed by atoms with Gasteiger partial charge in [0.1, 0.15) is 0 Å². The molecular formula is C15H14N4OS. The van der Waals surface area contributed by atoms with E-state index in [1.165, 1.54) is 11.3 Å². The number of aromatic nitrogens is 2. The van der Waals surface area contributed by atoms with Gasteiger partial charge in [-0.05, 0) is 37.3 Å². The number of nitrogens with one attached hydrogen (secondary N) is 1. The molecule has 0 radical (unpaired) electrons. The number of nitrogens with two attached hydrogens (primary N) is 1.